The molecule has 2 bridgehead atoms. The molecule has 0 spiro atoms. The van der Waals surface area contributed by atoms with Gasteiger partial charge in [-0.2, -0.15) is 0 Å². The molecule has 3 heterocycles. The molecule has 0 amide bonds. The van der Waals surface area contributed by atoms with Gasteiger partial charge in [0.1, 0.15) is 5.75 Å². The molecule has 1 aromatic heterocycles. The Morgan fingerprint density at radius 1 is 1.00 bits per heavy atom. The average Bonchev–Trinajstić information content (AvgIpc) is 2.76. The van der Waals surface area contributed by atoms with Crippen LogP contribution in [0.3, 0.4) is 0 Å². The summed E-state index contributed by atoms with van der Waals surface area (Å²) in [5.74, 6) is 1.19. The highest BCUT2D eigenvalue weighted by molar-refractivity contribution is 7.98. The van der Waals surface area contributed by atoms with Gasteiger partial charge in [0.25, 0.3) is 5.56 Å². The van der Waals surface area contributed by atoms with Crippen molar-refractivity contribution >= 4 is 11.8 Å². The van der Waals surface area contributed by atoms with Crippen molar-refractivity contribution in [3.05, 3.63) is 82.3 Å². The summed E-state index contributed by atoms with van der Waals surface area (Å²) in [5, 5.41) is 10.1. The van der Waals surface area contributed by atoms with Crippen LogP contribution in [0, 0.1) is 5.92 Å². The lowest BCUT2D eigenvalue weighted by atomic mass is 9.82. The third-order valence-electron chi connectivity index (χ3n) is 6.47. The van der Waals surface area contributed by atoms with Gasteiger partial charge >= 0.3 is 0 Å². The molecule has 5 rings (SSSR count). The van der Waals surface area contributed by atoms with Gasteiger partial charge in [0.15, 0.2) is 0 Å². The average molecular weight is 419 g/mol. The number of benzene rings is 2. The second-order valence-electron chi connectivity index (χ2n) is 8.44. The Morgan fingerprint density at radius 2 is 1.80 bits per heavy atom. The van der Waals surface area contributed by atoms with Gasteiger partial charge in [-0.25, -0.2) is 0 Å². The molecule has 2 aliphatic heterocycles. The fraction of sp³-hybridized carbons (Fsp3) is 0.320. The molecule has 154 valence electrons. The van der Waals surface area contributed by atoms with Crippen LogP contribution in [0.15, 0.2) is 70.4 Å². The smallest absolute Gasteiger partial charge is 0.258 e. The first kappa shape index (κ1) is 19.5. The van der Waals surface area contributed by atoms with E-state index in [0.717, 1.165) is 55.0 Å². The number of aromatic hydroxyl groups is 1. The van der Waals surface area contributed by atoms with Crippen molar-refractivity contribution in [2.45, 2.75) is 30.3 Å². The summed E-state index contributed by atoms with van der Waals surface area (Å²) in [6.07, 6.45) is 3.20. The van der Waals surface area contributed by atoms with Crippen LogP contribution < -0.4 is 5.56 Å². The predicted octanol–water partition coefficient (Wildman–Crippen LogP) is 4.56. The lowest BCUT2D eigenvalue weighted by Gasteiger charge is -2.43. The van der Waals surface area contributed by atoms with Gasteiger partial charge in [0.05, 0.1) is 0 Å². The molecule has 2 aliphatic rings. The number of phenols is 1. The number of hydrogen-bond acceptors (Lipinski definition) is 4. The highest BCUT2D eigenvalue weighted by Crippen LogP contribution is 2.36. The Kier molecular flexibility index (Phi) is 5.17. The van der Waals surface area contributed by atoms with Gasteiger partial charge in [0, 0.05) is 53.8 Å². The Morgan fingerprint density at radius 3 is 2.57 bits per heavy atom. The fourth-order valence-electron chi connectivity index (χ4n) is 5.05. The van der Waals surface area contributed by atoms with Gasteiger partial charge < -0.3 is 9.67 Å². The summed E-state index contributed by atoms with van der Waals surface area (Å²) in [4.78, 5) is 17.0. The quantitative estimate of drug-likeness (QED) is 0.631. The molecule has 30 heavy (non-hydrogen) atoms. The van der Waals surface area contributed by atoms with Gasteiger partial charge in [-0.05, 0) is 54.5 Å². The van der Waals surface area contributed by atoms with Crippen molar-refractivity contribution in [2.75, 3.05) is 19.3 Å². The topological polar surface area (TPSA) is 45.5 Å². The number of aromatic nitrogens is 1. The zero-order chi connectivity index (χ0) is 20.7. The molecule has 3 aromatic rings. The third kappa shape index (κ3) is 3.57. The third-order valence-corrected chi connectivity index (χ3v) is 7.21. The molecule has 0 aliphatic carbocycles. The molecule has 2 aromatic carbocycles. The Labute approximate surface area is 181 Å². The van der Waals surface area contributed by atoms with Crippen LogP contribution in [0.1, 0.15) is 23.6 Å². The van der Waals surface area contributed by atoms with E-state index in [2.05, 4.69) is 29.4 Å². The zero-order valence-electron chi connectivity index (χ0n) is 17.1. The number of thioether (sulfide) groups is 1. The van der Waals surface area contributed by atoms with E-state index in [1.165, 1.54) is 4.90 Å². The van der Waals surface area contributed by atoms with Gasteiger partial charge in [-0.15, -0.1) is 11.8 Å². The number of phenolic OH excluding ortho intramolecular Hbond substituents is 1. The van der Waals surface area contributed by atoms with Crippen LogP contribution in [0.2, 0.25) is 0 Å². The van der Waals surface area contributed by atoms with E-state index >= 15 is 0 Å². The monoisotopic (exact) mass is 418 g/mol. The first-order valence-corrected chi connectivity index (χ1v) is 11.7. The molecule has 0 unspecified atom stereocenters. The molecular formula is C25H26N2O2S. The maximum atomic E-state index is 13.3. The Balaban J connectivity index is 1.42. The second-order valence-corrected chi connectivity index (χ2v) is 9.32. The SMILES string of the molecule is CSc1ccc(-c2ccc3n(c2=O)C[C@@H]2C[C@@H]3CN(Cc3ccccc3O)C2)cc1. The van der Waals surface area contributed by atoms with Crippen LogP contribution in [0.4, 0.5) is 0 Å². The number of nitrogens with zero attached hydrogens (tertiary/aromatic N) is 2. The number of rotatable bonds is 4. The predicted molar refractivity (Wildman–Crippen MR) is 122 cm³/mol. The summed E-state index contributed by atoms with van der Waals surface area (Å²) in [7, 11) is 0. The summed E-state index contributed by atoms with van der Waals surface area (Å²) in [6.45, 7) is 3.41. The fourth-order valence-corrected chi connectivity index (χ4v) is 5.46. The molecule has 4 nitrogen and oxygen atoms in total. The van der Waals surface area contributed by atoms with Gasteiger partial charge in [-0.3, -0.25) is 9.69 Å². The van der Waals surface area contributed by atoms with Gasteiger partial charge in [0.2, 0.25) is 0 Å². The zero-order valence-corrected chi connectivity index (χ0v) is 17.9. The van der Waals surface area contributed by atoms with Crippen LogP contribution in [-0.2, 0) is 13.1 Å². The van der Waals surface area contributed by atoms with E-state index in [9.17, 15) is 9.90 Å². The molecular weight excluding hydrogens is 392 g/mol. The normalized spacial score (nSPS) is 20.7. The number of likely N-dealkylation sites (tertiary alicyclic amines) is 1. The molecule has 1 fully saturated rings. The van der Waals surface area contributed by atoms with Crippen LogP contribution in [0.5, 0.6) is 5.75 Å². The Bertz CT molecular complexity index is 1120. The van der Waals surface area contributed by atoms with Crippen molar-refractivity contribution in [3.63, 3.8) is 0 Å². The summed E-state index contributed by atoms with van der Waals surface area (Å²) in [5.41, 5.74) is 4.04. The number of para-hydroxylation sites is 1. The molecule has 1 N–H and O–H groups in total. The number of piperidine rings is 1. The number of fused-ring (bicyclic) bond motifs is 4. The van der Waals surface area contributed by atoms with Crippen LogP contribution >= 0.6 is 11.8 Å². The first-order chi connectivity index (χ1) is 14.6. The lowest BCUT2D eigenvalue weighted by Crippen LogP contribution is -2.46. The number of hydrogen-bond donors (Lipinski definition) is 1. The summed E-state index contributed by atoms with van der Waals surface area (Å²) in [6, 6.07) is 20.0. The lowest BCUT2D eigenvalue weighted by molar-refractivity contribution is 0.113. The van der Waals surface area contributed by atoms with E-state index in [4.69, 9.17) is 0 Å². The van der Waals surface area contributed by atoms with E-state index in [1.54, 1.807) is 17.8 Å². The largest absolute Gasteiger partial charge is 0.508 e. The van der Waals surface area contributed by atoms with Crippen molar-refractivity contribution in [2.24, 2.45) is 5.92 Å². The number of pyridine rings is 1. The van der Waals surface area contributed by atoms with Crippen LogP contribution in [0.25, 0.3) is 11.1 Å². The molecule has 1 saturated heterocycles. The van der Waals surface area contributed by atoms with Gasteiger partial charge in [-0.1, -0.05) is 30.3 Å². The summed E-state index contributed by atoms with van der Waals surface area (Å²) >= 11 is 1.71. The summed E-state index contributed by atoms with van der Waals surface area (Å²) < 4.78 is 2.02. The molecule has 0 saturated carbocycles. The highest BCUT2D eigenvalue weighted by Gasteiger charge is 2.35. The minimum Gasteiger partial charge on any atom is -0.508 e. The van der Waals surface area contributed by atoms with Crippen molar-refractivity contribution in [1.29, 1.82) is 0 Å². The van der Waals surface area contributed by atoms with Crippen LogP contribution in [-0.4, -0.2) is 33.9 Å². The Hall–Kier alpha value is -2.50. The van der Waals surface area contributed by atoms with Crippen molar-refractivity contribution < 1.29 is 5.11 Å². The molecule has 2 atom stereocenters. The second kappa shape index (κ2) is 7.97. The first-order valence-electron chi connectivity index (χ1n) is 10.5. The maximum absolute atomic E-state index is 13.3. The molecule has 0 radical (unpaired) electrons. The standard InChI is InChI=1S/C25H26N2O2S/c1-30-21-8-6-18(7-9-21)22-10-11-23-20-12-17(14-27(23)25(22)29)13-26(16-20)15-19-4-2-3-5-24(19)28/h2-11,17,20,28H,12-16H2,1H3/t17-,20-/m1/s1. The van der Waals surface area contributed by atoms with E-state index in [0.29, 0.717) is 17.6 Å². The van der Waals surface area contributed by atoms with Crippen molar-refractivity contribution in [3.8, 4) is 16.9 Å². The minimum atomic E-state index is 0.133. The highest BCUT2D eigenvalue weighted by atomic mass is 32.2. The minimum absolute atomic E-state index is 0.133. The maximum Gasteiger partial charge on any atom is 0.258 e. The van der Waals surface area contributed by atoms with Crippen molar-refractivity contribution in [1.82, 2.24) is 9.47 Å². The van der Waals surface area contributed by atoms with E-state index in [1.807, 2.05) is 41.0 Å². The molecule has 5 heteroatoms. The van der Waals surface area contributed by atoms with E-state index in [-0.39, 0.29) is 5.56 Å². The van der Waals surface area contributed by atoms with E-state index < -0.39 is 0 Å².